The Bertz CT molecular complexity index is 350. The van der Waals surface area contributed by atoms with Crippen molar-refractivity contribution in [3.8, 4) is 0 Å². The van der Waals surface area contributed by atoms with E-state index in [1.165, 1.54) is 7.11 Å². The molecule has 1 aliphatic heterocycles. The molecule has 96 valence electrons. The predicted octanol–water partition coefficient (Wildman–Crippen LogP) is 2.37. The van der Waals surface area contributed by atoms with Gasteiger partial charge in [-0.2, -0.15) is 0 Å². The molecule has 0 aromatic heterocycles. The second-order valence-electron chi connectivity index (χ2n) is 4.92. The van der Waals surface area contributed by atoms with Crippen LogP contribution in [0.5, 0.6) is 0 Å². The Labute approximate surface area is 109 Å². The van der Waals surface area contributed by atoms with Crippen LogP contribution in [0.15, 0.2) is 10.6 Å². The van der Waals surface area contributed by atoms with E-state index in [2.05, 4.69) is 15.9 Å². The minimum absolute atomic E-state index is 0.0426. The number of rotatable bonds is 2. The summed E-state index contributed by atoms with van der Waals surface area (Å²) in [6, 6.07) is 0. The van der Waals surface area contributed by atoms with E-state index in [0.29, 0.717) is 6.42 Å². The smallest absolute Gasteiger partial charge is 0.306 e. The van der Waals surface area contributed by atoms with E-state index in [9.17, 15) is 4.79 Å². The molecule has 4 nitrogen and oxygen atoms in total. The third kappa shape index (κ3) is 2.56. The molecule has 0 radical (unpaired) electrons. The predicted molar refractivity (Wildman–Crippen MR) is 65.6 cm³/mol. The number of methoxy groups -OCH3 is 1. The highest BCUT2D eigenvalue weighted by molar-refractivity contribution is 9.11. The van der Waals surface area contributed by atoms with Crippen LogP contribution in [0.3, 0.4) is 0 Å². The molecule has 0 bridgehead atoms. The quantitative estimate of drug-likeness (QED) is 0.735. The van der Waals surface area contributed by atoms with E-state index in [-0.39, 0.29) is 24.1 Å². The molecule has 0 amide bonds. The topological polar surface area (TPSA) is 44.8 Å². The second kappa shape index (κ2) is 4.71. The summed E-state index contributed by atoms with van der Waals surface area (Å²) in [7, 11) is 1.41. The Morgan fingerprint density at radius 3 is 2.88 bits per heavy atom. The van der Waals surface area contributed by atoms with Gasteiger partial charge < -0.3 is 14.2 Å². The van der Waals surface area contributed by atoms with Crippen molar-refractivity contribution in [3.05, 3.63) is 10.6 Å². The van der Waals surface area contributed by atoms with Crippen molar-refractivity contribution in [1.29, 1.82) is 0 Å². The highest BCUT2D eigenvalue weighted by atomic mass is 79.9. The van der Waals surface area contributed by atoms with Gasteiger partial charge in [0, 0.05) is 0 Å². The van der Waals surface area contributed by atoms with E-state index in [1.807, 2.05) is 18.8 Å². The molecular formula is C12H17BrO4. The molecule has 0 aromatic rings. The summed E-state index contributed by atoms with van der Waals surface area (Å²) < 4.78 is 16.4. The van der Waals surface area contributed by atoms with Crippen molar-refractivity contribution in [3.63, 3.8) is 0 Å². The minimum Gasteiger partial charge on any atom is -0.469 e. The van der Waals surface area contributed by atoms with Crippen LogP contribution in [0.1, 0.15) is 26.7 Å². The average Bonchev–Trinajstić information content (AvgIpc) is 2.68. The third-order valence-electron chi connectivity index (χ3n) is 3.27. The van der Waals surface area contributed by atoms with Crippen LogP contribution < -0.4 is 0 Å². The minimum atomic E-state index is -0.535. The Kier molecular flexibility index (Phi) is 3.61. The van der Waals surface area contributed by atoms with Gasteiger partial charge in [-0.1, -0.05) is 15.9 Å². The average molecular weight is 305 g/mol. The summed E-state index contributed by atoms with van der Waals surface area (Å²) in [5.41, 5.74) is 1.09. The number of halogens is 1. The number of esters is 1. The van der Waals surface area contributed by atoms with Crippen LogP contribution in [0.2, 0.25) is 0 Å². The monoisotopic (exact) mass is 304 g/mol. The Hall–Kier alpha value is -0.390. The van der Waals surface area contributed by atoms with Gasteiger partial charge in [0.25, 0.3) is 0 Å². The largest absolute Gasteiger partial charge is 0.469 e. The summed E-state index contributed by atoms with van der Waals surface area (Å²) in [5, 5.41) is 0. The molecule has 0 N–H and O–H groups in total. The molecule has 5 heteroatoms. The SMILES string of the molecule is COC(=O)C[C@@H]1C[C@H]2OC(C)(C)O[C@H]2/C1=C/Br. The highest BCUT2D eigenvalue weighted by Crippen LogP contribution is 2.45. The van der Waals surface area contributed by atoms with E-state index in [0.717, 1.165) is 12.0 Å². The fourth-order valence-corrected chi connectivity index (χ4v) is 3.21. The lowest BCUT2D eigenvalue weighted by atomic mass is 10.00. The lowest BCUT2D eigenvalue weighted by Gasteiger charge is -2.21. The lowest BCUT2D eigenvalue weighted by Crippen LogP contribution is -2.24. The zero-order chi connectivity index (χ0) is 12.6. The maximum Gasteiger partial charge on any atom is 0.306 e. The first kappa shape index (κ1) is 13.1. The van der Waals surface area contributed by atoms with Gasteiger partial charge >= 0.3 is 5.97 Å². The van der Waals surface area contributed by atoms with Crippen LogP contribution in [-0.2, 0) is 19.0 Å². The zero-order valence-corrected chi connectivity index (χ0v) is 11.8. The Morgan fingerprint density at radius 2 is 2.29 bits per heavy atom. The molecule has 1 saturated heterocycles. The summed E-state index contributed by atoms with van der Waals surface area (Å²) >= 11 is 3.35. The summed E-state index contributed by atoms with van der Waals surface area (Å²) in [4.78, 5) is 13.2. The summed E-state index contributed by atoms with van der Waals surface area (Å²) in [5.74, 6) is -0.582. The fraction of sp³-hybridized carbons (Fsp3) is 0.750. The van der Waals surface area contributed by atoms with E-state index < -0.39 is 5.79 Å². The van der Waals surface area contributed by atoms with E-state index >= 15 is 0 Å². The number of hydrogen-bond donors (Lipinski definition) is 0. The number of carbonyl (C=O) groups excluding carboxylic acids is 1. The molecule has 2 fully saturated rings. The van der Waals surface area contributed by atoms with Crippen molar-refractivity contribution in [2.45, 2.75) is 44.7 Å². The van der Waals surface area contributed by atoms with Gasteiger partial charge in [-0.05, 0) is 36.7 Å². The number of carbonyl (C=O) groups is 1. The van der Waals surface area contributed by atoms with Crippen molar-refractivity contribution < 1.29 is 19.0 Å². The zero-order valence-electron chi connectivity index (χ0n) is 10.2. The Morgan fingerprint density at radius 1 is 1.59 bits per heavy atom. The maximum atomic E-state index is 11.3. The standard InChI is InChI=1S/C12H17BrO4/c1-12(2)16-9-4-7(5-10(14)15-3)8(6-13)11(9)17-12/h6-7,9,11H,4-5H2,1-3H3/b8-6+/t7-,9+,11-/m0/s1. The summed E-state index contributed by atoms with van der Waals surface area (Å²) in [6.07, 6.45) is 1.19. The normalized spacial score (nSPS) is 37.2. The number of ether oxygens (including phenoxy) is 3. The van der Waals surface area contributed by atoms with E-state index in [1.54, 1.807) is 0 Å². The van der Waals surface area contributed by atoms with Crippen LogP contribution in [0.4, 0.5) is 0 Å². The summed E-state index contributed by atoms with van der Waals surface area (Å²) in [6.45, 7) is 3.82. The molecule has 0 unspecified atom stereocenters. The van der Waals surface area contributed by atoms with Crippen molar-refractivity contribution in [1.82, 2.24) is 0 Å². The lowest BCUT2D eigenvalue weighted by molar-refractivity contribution is -0.150. The van der Waals surface area contributed by atoms with Gasteiger partial charge in [0.2, 0.25) is 0 Å². The molecule has 3 atom stereocenters. The third-order valence-corrected chi connectivity index (χ3v) is 3.80. The molecule has 1 saturated carbocycles. The van der Waals surface area contributed by atoms with Crippen molar-refractivity contribution in [2.75, 3.05) is 7.11 Å². The van der Waals surface area contributed by atoms with Crippen molar-refractivity contribution >= 4 is 21.9 Å². The number of fused-ring (bicyclic) bond motifs is 1. The molecule has 17 heavy (non-hydrogen) atoms. The van der Waals surface area contributed by atoms with Gasteiger partial charge in [-0.25, -0.2) is 0 Å². The van der Waals surface area contributed by atoms with E-state index in [4.69, 9.17) is 14.2 Å². The highest BCUT2D eigenvalue weighted by Gasteiger charge is 2.50. The first-order valence-corrected chi connectivity index (χ1v) is 6.61. The van der Waals surface area contributed by atoms with Gasteiger partial charge in [0.05, 0.1) is 19.6 Å². The molecule has 1 heterocycles. The molecule has 0 aromatic carbocycles. The first-order chi connectivity index (χ1) is 7.96. The van der Waals surface area contributed by atoms with Crippen LogP contribution >= 0.6 is 15.9 Å². The molecular weight excluding hydrogens is 288 g/mol. The van der Waals surface area contributed by atoms with Gasteiger partial charge in [-0.15, -0.1) is 0 Å². The maximum absolute atomic E-state index is 11.3. The number of hydrogen-bond acceptors (Lipinski definition) is 4. The van der Waals surface area contributed by atoms with Crippen LogP contribution in [0.25, 0.3) is 0 Å². The van der Waals surface area contributed by atoms with Crippen LogP contribution in [-0.4, -0.2) is 31.1 Å². The molecule has 2 rings (SSSR count). The Balaban J connectivity index is 2.09. The molecule has 2 aliphatic rings. The fourth-order valence-electron chi connectivity index (χ4n) is 2.58. The van der Waals surface area contributed by atoms with Gasteiger partial charge in [0.15, 0.2) is 5.79 Å². The van der Waals surface area contributed by atoms with Crippen molar-refractivity contribution in [2.24, 2.45) is 5.92 Å². The van der Waals surface area contributed by atoms with Gasteiger partial charge in [-0.3, -0.25) is 4.79 Å². The second-order valence-corrected chi connectivity index (χ2v) is 5.37. The molecule has 0 spiro atoms. The molecule has 1 aliphatic carbocycles. The van der Waals surface area contributed by atoms with Gasteiger partial charge in [0.1, 0.15) is 6.10 Å². The van der Waals surface area contributed by atoms with Crippen LogP contribution in [0, 0.1) is 5.92 Å². The first-order valence-electron chi connectivity index (χ1n) is 5.69.